The normalized spacial score (nSPS) is 15.2. The number of amides is 2. The number of carbonyl (C=O) groups is 4. The summed E-state index contributed by atoms with van der Waals surface area (Å²) in [5, 5.41) is 2.58. The number of hydrogen-bond donors (Lipinski definition) is 1. The summed E-state index contributed by atoms with van der Waals surface area (Å²) in [7, 11) is 1.55. The van der Waals surface area contributed by atoms with Crippen LogP contribution in [0, 0.1) is 5.92 Å². The second-order valence-corrected chi connectivity index (χ2v) is 7.06. The lowest BCUT2D eigenvalue weighted by Crippen LogP contribution is -2.28. The number of methoxy groups -OCH3 is 1. The van der Waals surface area contributed by atoms with E-state index >= 15 is 0 Å². The number of ether oxygens (including phenoxy) is 3. The molecule has 9 heteroatoms. The second kappa shape index (κ2) is 10.4. The maximum absolute atomic E-state index is 12.4. The molecule has 2 amide bonds. The number of benzene rings is 2. The van der Waals surface area contributed by atoms with Gasteiger partial charge in [0.25, 0.3) is 5.91 Å². The number of rotatable bonds is 8. The summed E-state index contributed by atoms with van der Waals surface area (Å²) >= 11 is 0. The third kappa shape index (κ3) is 5.63. The average molecular weight is 440 g/mol. The Bertz CT molecular complexity index is 986. The molecule has 0 aromatic heterocycles. The van der Waals surface area contributed by atoms with Crippen molar-refractivity contribution >= 4 is 35.1 Å². The van der Waals surface area contributed by atoms with Gasteiger partial charge in [-0.05, 0) is 55.5 Å². The third-order valence-electron chi connectivity index (χ3n) is 4.87. The van der Waals surface area contributed by atoms with Crippen LogP contribution < -0.4 is 15.0 Å². The van der Waals surface area contributed by atoms with Gasteiger partial charge in [0.15, 0.2) is 6.61 Å². The minimum atomic E-state index is -0.652. The molecule has 0 saturated carbocycles. The van der Waals surface area contributed by atoms with Crippen LogP contribution >= 0.6 is 0 Å². The number of carbonyl (C=O) groups excluding carboxylic acids is 4. The van der Waals surface area contributed by atoms with Crippen molar-refractivity contribution < 1.29 is 33.4 Å². The Morgan fingerprint density at radius 3 is 2.34 bits per heavy atom. The molecule has 0 radical (unpaired) electrons. The van der Waals surface area contributed by atoms with Crippen molar-refractivity contribution in [2.45, 2.75) is 13.3 Å². The minimum Gasteiger partial charge on any atom is -0.497 e. The number of nitrogens with one attached hydrogen (secondary N) is 1. The van der Waals surface area contributed by atoms with Gasteiger partial charge in [0.2, 0.25) is 5.91 Å². The SMILES string of the molecule is CCOC(=O)c1ccc(NC(=O)COC(=O)[C@@H]2CC(=O)N(c3ccc(OC)cc3)C2)cc1. The van der Waals surface area contributed by atoms with E-state index in [9.17, 15) is 19.2 Å². The molecule has 0 unspecified atom stereocenters. The fraction of sp³-hybridized carbons (Fsp3) is 0.304. The van der Waals surface area contributed by atoms with E-state index in [4.69, 9.17) is 14.2 Å². The van der Waals surface area contributed by atoms with Gasteiger partial charge in [-0.25, -0.2) is 4.79 Å². The van der Waals surface area contributed by atoms with Crippen LogP contribution in [0.4, 0.5) is 11.4 Å². The monoisotopic (exact) mass is 440 g/mol. The van der Waals surface area contributed by atoms with E-state index in [-0.39, 0.29) is 25.5 Å². The van der Waals surface area contributed by atoms with E-state index in [2.05, 4.69) is 5.32 Å². The van der Waals surface area contributed by atoms with E-state index in [1.165, 1.54) is 17.0 Å². The molecule has 2 aromatic carbocycles. The molecule has 1 aliphatic rings. The molecule has 1 atom stereocenters. The zero-order valence-corrected chi connectivity index (χ0v) is 17.8. The summed E-state index contributed by atoms with van der Waals surface area (Å²) in [5.74, 6) is -1.77. The summed E-state index contributed by atoms with van der Waals surface area (Å²) < 4.78 is 15.1. The predicted molar refractivity (Wildman–Crippen MR) is 115 cm³/mol. The summed E-state index contributed by atoms with van der Waals surface area (Å²) in [6.07, 6.45) is 0.0157. The van der Waals surface area contributed by atoms with Gasteiger partial charge < -0.3 is 24.4 Å². The van der Waals surface area contributed by atoms with Crippen LogP contribution in [-0.2, 0) is 23.9 Å². The first kappa shape index (κ1) is 22.8. The first-order valence-electron chi connectivity index (χ1n) is 10.1. The van der Waals surface area contributed by atoms with Crippen LogP contribution in [0.25, 0.3) is 0 Å². The maximum atomic E-state index is 12.4. The number of nitrogens with zero attached hydrogens (tertiary/aromatic N) is 1. The van der Waals surface area contributed by atoms with E-state index in [0.29, 0.717) is 22.7 Å². The molecule has 0 spiro atoms. The Kier molecular flexibility index (Phi) is 7.43. The summed E-state index contributed by atoms with van der Waals surface area (Å²) in [4.78, 5) is 49.9. The number of esters is 2. The van der Waals surface area contributed by atoms with Gasteiger partial charge in [-0.1, -0.05) is 0 Å². The molecule has 1 aliphatic heterocycles. The zero-order chi connectivity index (χ0) is 23.1. The van der Waals surface area contributed by atoms with Crippen molar-refractivity contribution in [2.24, 2.45) is 5.92 Å². The van der Waals surface area contributed by atoms with Crippen molar-refractivity contribution in [3.05, 3.63) is 54.1 Å². The first-order chi connectivity index (χ1) is 15.4. The number of hydrogen-bond acceptors (Lipinski definition) is 7. The van der Waals surface area contributed by atoms with Gasteiger partial charge >= 0.3 is 11.9 Å². The van der Waals surface area contributed by atoms with Crippen molar-refractivity contribution in [2.75, 3.05) is 37.1 Å². The lowest BCUT2D eigenvalue weighted by Gasteiger charge is -2.16. The maximum Gasteiger partial charge on any atom is 0.338 e. The topological polar surface area (TPSA) is 111 Å². The zero-order valence-electron chi connectivity index (χ0n) is 17.8. The molecule has 2 aromatic rings. The predicted octanol–water partition coefficient (Wildman–Crippen LogP) is 2.41. The Balaban J connectivity index is 1.48. The minimum absolute atomic E-state index is 0.0157. The van der Waals surface area contributed by atoms with Crippen LogP contribution in [-0.4, -0.2) is 50.6 Å². The molecule has 3 rings (SSSR count). The summed E-state index contributed by atoms with van der Waals surface area (Å²) in [6.45, 7) is 1.69. The van der Waals surface area contributed by atoms with Gasteiger partial charge in [0, 0.05) is 24.3 Å². The molecule has 9 nitrogen and oxygen atoms in total. The van der Waals surface area contributed by atoms with Gasteiger partial charge in [-0.2, -0.15) is 0 Å². The van der Waals surface area contributed by atoms with Crippen LogP contribution in [0.1, 0.15) is 23.7 Å². The standard InChI is InChI=1S/C23H24N2O7/c1-3-31-22(28)15-4-6-17(7-5-15)24-20(26)14-32-23(29)16-12-21(27)25(13-16)18-8-10-19(30-2)11-9-18/h4-11,16H,3,12-14H2,1-2H3,(H,24,26)/t16-/m1/s1. The van der Waals surface area contributed by atoms with E-state index in [0.717, 1.165) is 0 Å². The van der Waals surface area contributed by atoms with Crippen LogP contribution in [0.15, 0.2) is 48.5 Å². The van der Waals surface area contributed by atoms with Crippen molar-refractivity contribution in [3.8, 4) is 5.75 Å². The van der Waals surface area contributed by atoms with Crippen LogP contribution in [0.5, 0.6) is 5.75 Å². The fourth-order valence-corrected chi connectivity index (χ4v) is 3.23. The second-order valence-electron chi connectivity index (χ2n) is 7.06. The molecule has 1 saturated heterocycles. The quantitative estimate of drug-likeness (QED) is 0.628. The largest absolute Gasteiger partial charge is 0.497 e. The molecule has 1 N–H and O–H groups in total. The van der Waals surface area contributed by atoms with E-state index < -0.39 is 30.4 Å². The lowest BCUT2D eigenvalue weighted by atomic mass is 10.1. The Morgan fingerprint density at radius 1 is 1.03 bits per heavy atom. The molecule has 0 aliphatic carbocycles. The van der Waals surface area contributed by atoms with Gasteiger partial charge in [-0.15, -0.1) is 0 Å². The summed E-state index contributed by atoms with van der Waals surface area (Å²) in [6, 6.07) is 13.1. The average Bonchev–Trinajstić information content (AvgIpc) is 3.20. The molecule has 1 heterocycles. The smallest absolute Gasteiger partial charge is 0.338 e. The lowest BCUT2D eigenvalue weighted by molar-refractivity contribution is -0.151. The summed E-state index contributed by atoms with van der Waals surface area (Å²) in [5.41, 5.74) is 1.47. The van der Waals surface area contributed by atoms with Gasteiger partial charge in [-0.3, -0.25) is 14.4 Å². The van der Waals surface area contributed by atoms with Crippen molar-refractivity contribution in [1.29, 1.82) is 0 Å². The van der Waals surface area contributed by atoms with Crippen molar-refractivity contribution in [1.82, 2.24) is 0 Å². The first-order valence-corrected chi connectivity index (χ1v) is 10.1. The van der Waals surface area contributed by atoms with Gasteiger partial charge in [0.1, 0.15) is 5.75 Å². The highest BCUT2D eigenvalue weighted by atomic mass is 16.5. The Hall–Kier alpha value is -3.88. The molecular weight excluding hydrogens is 416 g/mol. The van der Waals surface area contributed by atoms with Gasteiger partial charge in [0.05, 0.1) is 25.2 Å². The molecular formula is C23H24N2O7. The van der Waals surface area contributed by atoms with E-state index in [1.54, 1.807) is 50.4 Å². The molecule has 32 heavy (non-hydrogen) atoms. The highest BCUT2D eigenvalue weighted by Gasteiger charge is 2.36. The Labute approximate surface area is 185 Å². The van der Waals surface area contributed by atoms with Crippen molar-refractivity contribution in [3.63, 3.8) is 0 Å². The fourth-order valence-electron chi connectivity index (χ4n) is 3.23. The third-order valence-corrected chi connectivity index (χ3v) is 4.87. The molecule has 1 fully saturated rings. The highest BCUT2D eigenvalue weighted by Crippen LogP contribution is 2.27. The number of anilines is 2. The van der Waals surface area contributed by atoms with Crippen LogP contribution in [0.2, 0.25) is 0 Å². The van der Waals surface area contributed by atoms with E-state index in [1.807, 2.05) is 0 Å². The molecule has 0 bridgehead atoms. The highest BCUT2D eigenvalue weighted by molar-refractivity contribution is 6.00. The van der Waals surface area contributed by atoms with Crippen LogP contribution in [0.3, 0.4) is 0 Å². The molecule has 168 valence electrons. The Morgan fingerprint density at radius 2 is 1.72 bits per heavy atom.